The largest absolute Gasteiger partial charge is 0.342 e. The van der Waals surface area contributed by atoms with E-state index in [1.54, 1.807) is 0 Å². The van der Waals surface area contributed by atoms with Crippen molar-refractivity contribution in [2.75, 3.05) is 26.7 Å². The molecule has 4 heteroatoms. The molecule has 0 aromatic carbocycles. The van der Waals surface area contributed by atoms with Crippen molar-refractivity contribution in [2.24, 2.45) is 11.7 Å². The van der Waals surface area contributed by atoms with Gasteiger partial charge in [0.05, 0.1) is 0 Å². The number of hydrogen-bond acceptors (Lipinski definition) is 3. The van der Waals surface area contributed by atoms with Crippen LogP contribution in [0.15, 0.2) is 0 Å². The van der Waals surface area contributed by atoms with E-state index >= 15 is 0 Å². The summed E-state index contributed by atoms with van der Waals surface area (Å²) in [6.07, 6.45) is 10.0. The minimum absolute atomic E-state index is 0.213. The first-order valence-corrected chi connectivity index (χ1v) is 8.84. The molecule has 1 saturated carbocycles. The predicted octanol–water partition coefficient (Wildman–Crippen LogP) is 1.98. The van der Waals surface area contributed by atoms with Gasteiger partial charge in [0.2, 0.25) is 5.91 Å². The van der Waals surface area contributed by atoms with Crippen molar-refractivity contribution in [3.8, 4) is 0 Å². The molecule has 2 aliphatic heterocycles. The molecule has 0 radical (unpaired) electrons. The quantitative estimate of drug-likeness (QED) is 0.847. The zero-order chi connectivity index (χ0) is 14.9. The first-order valence-electron chi connectivity index (χ1n) is 8.84. The third kappa shape index (κ3) is 3.42. The van der Waals surface area contributed by atoms with Gasteiger partial charge in [-0.1, -0.05) is 19.3 Å². The third-order valence-corrected chi connectivity index (χ3v) is 6.05. The molecule has 3 aliphatic rings. The summed E-state index contributed by atoms with van der Waals surface area (Å²) in [6, 6.07) is 0.698. The maximum atomic E-state index is 12.7. The highest BCUT2D eigenvalue weighted by Gasteiger charge is 2.38. The highest BCUT2D eigenvalue weighted by atomic mass is 16.2. The lowest BCUT2D eigenvalue weighted by molar-refractivity contribution is -0.136. The molecule has 4 nitrogen and oxygen atoms in total. The monoisotopic (exact) mass is 293 g/mol. The fraction of sp³-hybridized carbons (Fsp3) is 0.941. The summed E-state index contributed by atoms with van der Waals surface area (Å²) in [5.74, 6) is 0.993. The number of fused-ring (bicyclic) bond motifs is 1. The summed E-state index contributed by atoms with van der Waals surface area (Å²) >= 11 is 0. The lowest BCUT2D eigenvalue weighted by atomic mass is 9.79. The van der Waals surface area contributed by atoms with Crippen LogP contribution in [0.2, 0.25) is 0 Å². The van der Waals surface area contributed by atoms with Crippen molar-refractivity contribution < 1.29 is 4.79 Å². The number of nitrogens with two attached hydrogens (primary N) is 1. The molecule has 2 atom stereocenters. The summed E-state index contributed by atoms with van der Waals surface area (Å²) in [6.45, 7) is 3.12. The van der Waals surface area contributed by atoms with E-state index in [2.05, 4.69) is 16.8 Å². The van der Waals surface area contributed by atoms with Crippen molar-refractivity contribution in [3.05, 3.63) is 0 Å². The Labute approximate surface area is 129 Å². The minimum atomic E-state index is -0.213. The molecule has 1 amide bonds. The number of piperidine rings is 2. The van der Waals surface area contributed by atoms with E-state index in [4.69, 9.17) is 5.73 Å². The average molecular weight is 293 g/mol. The fourth-order valence-electron chi connectivity index (χ4n) is 4.72. The lowest BCUT2D eigenvalue weighted by Crippen LogP contribution is -2.55. The number of carbonyl (C=O) groups is 1. The number of carbonyl (C=O) groups excluding carboxylic acids is 1. The van der Waals surface area contributed by atoms with Gasteiger partial charge in [-0.05, 0) is 51.6 Å². The van der Waals surface area contributed by atoms with Crippen molar-refractivity contribution >= 4 is 5.91 Å². The van der Waals surface area contributed by atoms with Gasteiger partial charge >= 0.3 is 0 Å². The predicted molar refractivity (Wildman–Crippen MR) is 85.0 cm³/mol. The van der Waals surface area contributed by atoms with Gasteiger partial charge in [-0.15, -0.1) is 0 Å². The van der Waals surface area contributed by atoms with Crippen LogP contribution in [-0.4, -0.2) is 54.0 Å². The van der Waals surface area contributed by atoms with Crippen LogP contribution < -0.4 is 5.73 Å². The first-order chi connectivity index (χ1) is 10.1. The second-order valence-corrected chi connectivity index (χ2v) is 7.68. The summed E-state index contributed by atoms with van der Waals surface area (Å²) < 4.78 is 0. The summed E-state index contributed by atoms with van der Waals surface area (Å²) in [7, 11) is 2.24. The molecular formula is C17H31N3O. The standard InChI is InChI=1S/C17H31N3O/c1-19-10-5-6-14-13-20(11-7-15(14)19)16(21)12-17(18)8-3-2-4-9-17/h14-15H,2-13,18H2,1H3. The Morgan fingerprint density at radius 1 is 1.14 bits per heavy atom. The van der Waals surface area contributed by atoms with Crippen LogP contribution in [-0.2, 0) is 4.79 Å². The van der Waals surface area contributed by atoms with Crippen LogP contribution in [0.1, 0.15) is 57.8 Å². The average Bonchev–Trinajstić information content (AvgIpc) is 2.47. The van der Waals surface area contributed by atoms with Crippen molar-refractivity contribution in [1.82, 2.24) is 9.80 Å². The number of likely N-dealkylation sites (tertiary alicyclic amines) is 2. The van der Waals surface area contributed by atoms with E-state index in [9.17, 15) is 4.79 Å². The van der Waals surface area contributed by atoms with E-state index in [1.807, 2.05) is 0 Å². The van der Waals surface area contributed by atoms with E-state index < -0.39 is 0 Å². The third-order valence-electron chi connectivity index (χ3n) is 6.05. The van der Waals surface area contributed by atoms with Gasteiger partial charge in [-0.3, -0.25) is 4.79 Å². The first kappa shape index (κ1) is 15.3. The minimum Gasteiger partial charge on any atom is -0.342 e. The molecule has 3 fully saturated rings. The van der Waals surface area contributed by atoms with Crippen LogP contribution in [0.4, 0.5) is 0 Å². The number of nitrogens with zero attached hydrogens (tertiary/aromatic N) is 2. The molecule has 120 valence electrons. The van der Waals surface area contributed by atoms with E-state index in [1.165, 1.54) is 38.6 Å². The van der Waals surface area contributed by atoms with Gasteiger partial charge in [0, 0.05) is 31.1 Å². The Bertz CT molecular complexity index is 378. The smallest absolute Gasteiger partial charge is 0.224 e. The van der Waals surface area contributed by atoms with Crippen LogP contribution in [0.3, 0.4) is 0 Å². The molecule has 0 aromatic rings. The van der Waals surface area contributed by atoms with E-state index in [0.29, 0.717) is 24.3 Å². The summed E-state index contributed by atoms with van der Waals surface area (Å²) in [5.41, 5.74) is 6.25. The van der Waals surface area contributed by atoms with Gasteiger partial charge in [0.25, 0.3) is 0 Å². The Hall–Kier alpha value is -0.610. The maximum Gasteiger partial charge on any atom is 0.224 e. The zero-order valence-corrected chi connectivity index (χ0v) is 13.5. The molecular weight excluding hydrogens is 262 g/mol. The molecule has 2 saturated heterocycles. The molecule has 0 spiro atoms. The Kier molecular flexibility index (Phi) is 4.55. The molecule has 2 unspecified atom stereocenters. The zero-order valence-electron chi connectivity index (χ0n) is 13.5. The Balaban J connectivity index is 1.56. The second-order valence-electron chi connectivity index (χ2n) is 7.68. The normalized spacial score (nSPS) is 33.5. The number of hydrogen-bond donors (Lipinski definition) is 1. The van der Waals surface area contributed by atoms with Crippen molar-refractivity contribution in [3.63, 3.8) is 0 Å². The molecule has 2 heterocycles. The van der Waals surface area contributed by atoms with Gasteiger partial charge < -0.3 is 15.5 Å². The SMILES string of the molecule is CN1CCCC2CN(C(=O)CC3(N)CCCCC3)CCC21. The van der Waals surface area contributed by atoms with Crippen LogP contribution in [0.5, 0.6) is 0 Å². The van der Waals surface area contributed by atoms with E-state index in [-0.39, 0.29) is 5.54 Å². The molecule has 3 rings (SSSR count). The molecule has 21 heavy (non-hydrogen) atoms. The van der Waals surface area contributed by atoms with Gasteiger partial charge in [0.15, 0.2) is 0 Å². The molecule has 0 bridgehead atoms. The van der Waals surface area contributed by atoms with Crippen LogP contribution >= 0.6 is 0 Å². The van der Waals surface area contributed by atoms with Gasteiger partial charge in [-0.25, -0.2) is 0 Å². The summed E-state index contributed by atoms with van der Waals surface area (Å²) in [5, 5.41) is 0. The highest BCUT2D eigenvalue weighted by molar-refractivity contribution is 5.77. The van der Waals surface area contributed by atoms with Gasteiger partial charge in [-0.2, -0.15) is 0 Å². The Morgan fingerprint density at radius 3 is 2.67 bits per heavy atom. The Morgan fingerprint density at radius 2 is 1.90 bits per heavy atom. The van der Waals surface area contributed by atoms with Crippen LogP contribution in [0.25, 0.3) is 0 Å². The fourth-order valence-corrected chi connectivity index (χ4v) is 4.72. The van der Waals surface area contributed by atoms with Gasteiger partial charge in [0.1, 0.15) is 0 Å². The van der Waals surface area contributed by atoms with Crippen molar-refractivity contribution in [1.29, 1.82) is 0 Å². The number of amides is 1. The topological polar surface area (TPSA) is 49.6 Å². The van der Waals surface area contributed by atoms with Crippen LogP contribution in [0, 0.1) is 5.92 Å². The molecule has 1 aliphatic carbocycles. The highest BCUT2D eigenvalue weighted by Crippen LogP contribution is 2.32. The summed E-state index contributed by atoms with van der Waals surface area (Å²) in [4.78, 5) is 17.3. The maximum absolute atomic E-state index is 12.7. The molecule has 2 N–H and O–H groups in total. The number of rotatable bonds is 2. The van der Waals surface area contributed by atoms with E-state index in [0.717, 1.165) is 32.4 Å². The van der Waals surface area contributed by atoms with Crippen molar-refractivity contribution in [2.45, 2.75) is 69.4 Å². The molecule has 0 aromatic heterocycles. The second kappa shape index (κ2) is 6.25. The lowest BCUT2D eigenvalue weighted by Gasteiger charge is -2.46.